The van der Waals surface area contributed by atoms with Gasteiger partial charge in [-0.05, 0) is 0 Å². The Bertz CT molecular complexity index is 135. The van der Waals surface area contributed by atoms with Crippen LogP contribution in [0, 0.1) is 0 Å². The first kappa shape index (κ1) is 12.2. The van der Waals surface area contributed by atoms with Crippen LogP contribution in [0.1, 0.15) is 0 Å². The minimum atomic E-state index is -0.745. The zero-order valence-corrected chi connectivity index (χ0v) is 6.83. The molecule has 0 rings (SSSR count). The molecule has 0 aliphatic heterocycles. The standard InChI is InChI=1S/C3H8N2O.C2H5NO2/c1-5(2)3(4)6;1-5-2(3)4/h1-2H3,(H2,4,6);1H3,(H2,3,4). The molecule has 0 radical (unpaired) electrons. The average molecular weight is 163 g/mol. The van der Waals surface area contributed by atoms with Gasteiger partial charge < -0.3 is 21.1 Å². The van der Waals surface area contributed by atoms with Gasteiger partial charge in [0.2, 0.25) is 0 Å². The number of urea groups is 1. The predicted molar refractivity (Wildman–Crippen MR) is 39.9 cm³/mol. The van der Waals surface area contributed by atoms with Crippen molar-refractivity contribution in [2.75, 3.05) is 21.2 Å². The lowest BCUT2D eigenvalue weighted by Gasteiger charge is -2.01. The van der Waals surface area contributed by atoms with Gasteiger partial charge in [0, 0.05) is 14.1 Å². The van der Waals surface area contributed by atoms with Crippen molar-refractivity contribution in [3.8, 4) is 0 Å². The number of hydrogen-bond acceptors (Lipinski definition) is 3. The van der Waals surface area contributed by atoms with Crippen molar-refractivity contribution >= 4 is 12.1 Å². The fraction of sp³-hybridized carbons (Fsp3) is 0.600. The van der Waals surface area contributed by atoms with Crippen LogP contribution in [0.15, 0.2) is 0 Å². The molecule has 3 amide bonds. The molecule has 0 bridgehead atoms. The lowest BCUT2D eigenvalue weighted by Crippen LogP contribution is -2.27. The Morgan fingerprint density at radius 2 is 1.45 bits per heavy atom. The lowest BCUT2D eigenvalue weighted by molar-refractivity contribution is 0.182. The average Bonchev–Trinajstić information content (AvgIpc) is 1.89. The summed E-state index contributed by atoms with van der Waals surface area (Å²) in [4.78, 5) is 20.5. The molecule has 0 fully saturated rings. The molecular formula is C5H13N3O3. The van der Waals surface area contributed by atoms with Crippen LogP contribution in [0.2, 0.25) is 0 Å². The third-order valence-electron chi connectivity index (χ3n) is 0.642. The maximum atomic E-state index is 9.85. The number of nitrogens with two attached hydrogens (primary N) is 2. The summed E-state index contributed by atoms with van der Waals surface area (Å²) in [5.41, 5.74) is 9.15. The molecule has 0 atom stereocenters. The molecule has 4 N–H and O–H groups in total. The van der Waals surface area contributed by atoms with Crippen molar-refractivity contribution < 1.29 is 14.3 Å². The number of carbonyl (C=O) groups is 2. The molecule has 0 aliphatic carbocycles. The van der Waals surface area contributed by atoms with Crippen molar-refractivity contribution in [1.29, 1.82) is 0 Å². The minimum Gasteiger partial charge on any atom is -0.453 e. The van der Waals surface area contributed by atoms with Crippen molar-refractivity contribution in [3.05, 3.63) is 0 Å². The molecular weight excluding hydrogens is 150 g/mol. The van der Waals surface area contributed by atoms with E-state index >= 15 is 0 Å². The normalized spacial score (nSPS) is 7.18. The molecule has 66 valence electrons. The van der Waals surface area contributed by atoms with Crippen molar-refractivity contribution in [3.63, 3.8) is 0 Å². The number of rotatable bonds is 0. The van der Waals surface area contributed by atoms with Gasteiger partial charge in [-0.25, -0.2) is 9.59 Å². The fourth-order valence-corrected chi connectivity index (χ4v) is 0. The second kappa shape index (κ2) is 6.66. The number of hydrogen-bond donors (Lipinski definition) is 2. The molecule has 0 aliphatic rings. The largest absolute Gasteiger partial charge is 0.453 e. The zero-order chi connectivity index (χ0) is 9.44. The van der Waals surface area contributed by atoms with Gasteiger partial charge >= 0.3 is 12.1 Å². The molecule has 0 saturated carbocycles. The van der Waals surface area contributed by atoms with Crippen molar-refractivity contribution in [1.82, 2.24) is 4.90 Å². The quantitative estimate of drug-likeness (QED) is 0.495. The number of nitrogens with zero attached hydrogens (tertiary/aromatic N) is 1. The summed E-state index contributed by atoms with van der Waals surface area (Å²) in [5.74, 6) is 0. The highest BCUT2D eigenvalue weighted by Crippen LogP contribution is 1.65. The highest BCUT2D eigenvalue weighted by molar-refractivity contribution is 5.71. The summed E-state index contributed by atoms with van der Waals surface area (Å²) in [7, 11) is 4.42. The number of carbonyl (C=O) groups excluding carboxylic acids is 2. The van der Waals surface area contributed by atoms with E-state index in [1.54, 1.807) is 14.1 Å². The molecule has 6 nitrogen and oxygen atoms in total. The van der Waals surface area contributed by atoms with Gasteiger partial charge in [0.1, 0.15) is 0 Å². The van der Waals surface area contributed by atoms with Gasteiger partial charge in [0.25, 0.3) is 0 Å². The molecule has 0 aromatic rings. The van der Waals surface area contributed by atoms with Crippen LogP contribution >= 0.6 is 0 Å². The molecule has 0 aromatic heterocycles. The zero-order valence-electron chi connectivity index (χ0n) is 6.83. The van der Waals surface area contributed by atoms with Gasteiger partial charge in [-0.2, -0.15) is 0 Å². The summed E-state index contributed by atoms with van der Waals surface area (Å²) in [6.45, 7) is 0. The van der Waals surface area contributed by atoms with Gasteiger partial charge in [-0.3, -0.25) is 0 Å². The first-order valence-electron chi connectivity index (χ1n) is 2.72. The molecule has 0 aromatic carbocycles. The topological polar surface area (TPSA) is 98.7 Å². The van der Waals surface area contributed by atoms with Crippen LogP contribution in [0.5, 0.6) is 0 Å². The Labute approximate surface area is 65.1 Å². The van der Waals surface area contributed by atoms with Crippen molar-refractivity contribution in [2.45, 2.75) is 0 Å². The lowest BCUT2D eigenvalue weighted by atomic mass is 10.9. The molecule has 0 heterocycles. The second-order valence-corrected chi connectivity index (χ2v) is 1.76. The van der Waals surface area contributed by atoms with E-state index in [-0.39, 0.29) is 0 Å². The number of amides is 3. The molecule has 0 saturated heterocycles. The molecule has 6 heteroatoms. The predicted octanol–water partition coefficient (Wildman–Crippen LogP) is -0.662. The summed E-state index contributed by atoms with van der Waals surface area (Å²) >= 11 is 0. The Morgan fingerprint density at radius 1 is 1.27 bits per heavy atom. The summed E-state index contributed by atoms with van der Waals surface area (Å²) in [6, 6.07) is -0.407. The summed E-state index contributed by atoms with van der Waals surface area (Å²) in [5, 5.41) is 0. The van der Waals surface area contributed by atoms with E-state index in [9.17, 15) is 9.59 Å². The van der Waals surface area contributed by atoms with Gasteiger partial charge in [0.05, 0.1) is 7.11 Å². The van der Waals surface area contributed by atoms with Gasteiger partial charge in [0.15, 0.2) is 0 Å². The van der Waals surface area contributed by atoms with E-state index in [0.29, 0.717) is 0 Å². The minimum absolute atomic E-state index is 0.407. The van der Waals surface area contributed by atoms with Gasteiger partial charge in [-0.1, -0.05) is 0 Å². The van der Waals surface area contributed by atoms with E-state index in [4.69, 9.17) is 5.73 Å². The smallest absolute Gasteiger partial charge is 0.404 e. The van der Waals surface area contributed by atoms with E-state index in [1.165, 1.54) is 12.0 Å². The first-order chi connectivity index (χ1) is 4.91. The highest BCUT2D eigenvalue weighted by atomic mass is 16.5. The molecule has 0 unspecified atom stereocenters. The number of ether oxygens (including phenoxy) is 1. The molecule has 0 spiro atoms. The SMILES string of the molecule is CN(C)C(N)=O.COC(N)=O. The molecule has 11 heavy (non-hydrogen) atoms. The van der Waals surface area contributed by atoms with Gasteiger partial charge in [-0.15, -0.1) is 0 Å². The van der Waals surface area contributed by atoms with Crippen LogP contribution in [0.4, 0.5) is 9.59 Å². The van der Waals surface area contributed by atoms with E-state index in [1.807, 2.05) is 0 Å². The van der Waals surface area contributed by atoms with Crippen LogP contribution in [-0.4, -0.2) is 38.2 Å². The van der Waals surface area contributed by atoms with Crippen LogP contribution in [0.25, 0.3) is 0 Å². The van der Waals surface area contributed by atoms with E-state index in [0.717, 1.165) is 0 Å². The Hall–Kier alpha value is -1.46. The second-order valence-electron chi connectivity index (χ2n) is 1.76. The highest BCUT2D eigenvalue weighted by Gasteiger charge is 1.88. The maximum Gasteiger partial charge on any atom is 0.404 e. The van der Waals surface area contributed by atoms with Crippen molar-refractivity contribution in [2.24, 2.45) is 11.5 Å². The fourth-order valence-electron chi connectivity index (χ4n) is 0. The third-order valence-corrected chi connectivity index (χ3v) is 0.642. The van der Waals surface area contributed by atoms with E-state index < -0.39 is 12.1 Å². The van der Waals surface area contributed by atoms with Crippen LogP contribution in [-0.2, 0) is 4.74 Å². The Balaban J connectivity index is 0. The summed E-state index contributed by atoms with van der Waals surface area (Å²) < 4.78 is 3.89. The van der Waals surface area contributed by atoms with Crippen LogP contribution < -0.4 is 11.5 Å². The Morgan fingerprint density at radius 3 is 1.45 bits per heavy atom. The first-order valence-corrected chi connectivity index (χ1v) is 2.72. The number of methoxy groups -OCH3 is 1. The summed E-state index contributed by atoms with van der Waals surface area (Å²) in [6.07, 6.45) is -0.745. The third kappa shape index (κ3) is 17.7. The Kier molecular flexibility index (Phi) is 7.41. The number of primary amides is 2. The maximum absolute atomic E-state index is 9.85. The van der Waals surface area contributed by atoms with E-state index in [2.05, 4.69) is 10.5 Å². The van der Waals surface area contributed by atoms with Crippen LogP contribution in [0.3, 0.4) is 0 Å². The monoisotopic (exact) mass is 163 g/mol.